The summed E-state index contributed by atoms with van der Waals surface area (Å²) in [5, 5.41) is 0. The number of carbonyl (C=O) groups excluding carboxylic acids is 1. The zero-order valence-corrected chi connectivity index (χ0v) is 9.07. The van der Waals surface area contributed by atoms with Crippen LogP contribution in [-0.2, 0) is 4.79 Å². The molecule has 0 radical (unpaired) electrons. The van der Waals surface area contributed by atoms with E-state index in [1.807, 2.05) is 18.7 Å². The molecular weight excluding hydrogens is 176 g/mol. The first-order valence-corrected chi connectivity index (χ1v) is 5.25. The highest BCUT2D eigenvalue weighted by Gasteiger charge is 2.34. The fourth-order valence-electron chi connectivity index (χ4n) is 1.43. The molecule has 2 N–H and O–H groups in total. The zero-order valence-electron chi connectivity index (χ0n) is 9.07. The number of carbonyl (C=O) groups is 1. The summed E-state index contributed by atoms with van der Waals surface area (Å²) in [6.45, 7) is 8.10. The van der Waals surface area contributed by atoms with Gasteiger partial charge in [-0.3, -0.25) is 4.79 Å². The van der Waals surface area contributed by atoms with Crippen LogP contribution in [0.25, 0.3) is 0 Å². The third-order valence-electron chi connectivity index (χ3n) is 2.77. The lowest BCUT2D eigenvalue weighted by molar-refractivity contribution is -0.135. The first-order chi connectivity index (χ1) is 6.57. The summed E-state index contributed by atoms with van der Waals surface area (Å²) < 4.78 is 0. The monoisotopic (exact) mass is 196 g/mol. The molecule has 0 spiro atoms. The van der Waals surface area contributed by atoms with Gasteiger partial charge < -0.3 is 10.6 Å². The van der Waals surface area contributed by atoms with Crippen LogP contribution in [-0.4, -0.2) is 29.4 Å². The Morgan fingerprint density at radius 2 is 2.21 bits per heavy atom. The molecular formula is C11H20N2O. The van der Waals surface area contributed by atoms with Gasteiger partial charge in [-0.2, -0.15) is 0 Å². The van der Waals surface area contributed by atoms with Crippen LogP contribution in [0.3, 0.4) is 0 Å². The second kappa shape index (κ2) is 4.60. The van der Waals surface area contributed by atoms with Crippen LogP contribution in [0.2, 0.25) is 0 Å². The second-order valence-corrected chi connectivity index (χ2v) is 4.16. The average molecular weight is 196 g/mol. The van der Waals surface area contributed by atoms with E-state index in [1.54, 1.807) is 6.08 Å². The fraction of sp³-hybridized carbons (Fsp3) is 0.727. The standard InChI is InChI=1S/C11H20N2O/c1-4-7-13(10-5-6-10)11(14)8(2)9(3)12/h4,8-10H,1,5-7,12H2,2-3H3. The lowest BCUT2D eigenvalue weighted by Gasteiger charge is -2.26. The quantitative estimate of drug-likeness (QED) is 0.670. The van der Waals surface area contributed by atoms with Crippen molar-refractivity contribution in [2.45, 2.75) is 38.8 Å². The topological polar surface area (TPSA) is 46.3 Å². The van der Waals surface area contributed by atoms with E-state index < -0.39 is 0 Å². The van der Waals surface area contributed by atoms with Gasteiger partial charge in [0.25, 0.3) is 0 Å². The van der Waals surface area contributed by atoms with Crippen molar-refractivity contribution >= 4 is 5.91 Å². The van der Waals surface area contributed by atoms with Gasteiger partial charge in [0, 0.05) is 18.6 Å². The van der Waals surface area contributed by atoms with Crippen LogP contribution in [0.15, 0.2) is 12.7 Å². The van der Waals surface area contributed by atoms with Crippen molar-refractivity contribution in [3.63, 3.8) is 0 Å². The Bertz CT molecular complexity index is 221. The Hall–Kier alpha value is -0.830. The second-order valence-electron chi connectivity index (χ2n) is 4.16. The summed E-state index contributed by atoms with van der Waals surface area (Å²) in [7, 11) is 0. The molecule has 80 valence electrons. The van der Waals surface area contributed by atoms with Gasteiger partial charge in [-0.15, -0.1) is 6.58 Å². The van der Waals surface area contributed by atoms with Gasteiger partial charge in [-0.25, -0.2) is 0 Å². The molecule has 1 aliphatic rings. The first kappa shape index (κ1) is 11.2. The molecule has 1 aliphatic carbocycles. The zero-order chi connectivity index (χ0) is 10.7. The van der Waals surface area contributed by atoms with Crippen LogP contribution in [0.5, 0.6) is 0 Å². The predicted molar refractivity (Wildman–Crippen MR) is 57.7 cm³/mol. The van der Waals surface area contributed by atoms with Crippen molar-refractivity contribution < 1.29 is 4.79 Å². The highest BCUT2D eigenvalue weighted by molar-refractivity contribution is 5.80. The number of amides is 1. The van der Waals surface area contributed by atoms with E-state index in [4.69, 9.17) is 5.73 Å². The van der Waals surface area contributed by atoms with Crippen molar-refractivity contribution in [1.29, 1.82) is 0 Å². The molecule has 1 rings (SSSR count). The third kappa shape index (κ3) is 2.58. The van der Waals surface area contributed by atoms with E-state index in [1.165, 1.54) is 0 Å². The summed E-state index contributed by atoms with van der Waals surface area (Å²) in [4.78, 5) is 13.9. The number of hydrogen-bond acceptors (Lipinski definition) is 2. The number of nitrogens with zero attached hydrogens (tertiary/aromatic N) is 1. The van der Waals surface area contributed by atoms with Crippen LogP contribution < -0.4 is 5.73 Å². The highest BCUT2D eigenvalue weighted by Crippen LogP contribution is 2.28. The van der Waals surface area contributed by atoms with Gasteiger partial charge in [0.05, 0.1) is 5.92 Å². The Kier molecular flexibility index (Phi) is 3.69. The lowest BCUT2D eigenvalue weighted by Crippen LogP contribution is -2.42. The molecule has 1 fully saturated rings. The van der Waals surface area contributed by atoms with Crippen LogP contribution in [0, 0.1) is 5.92 Å². The summed E-state index contributed by atoms with van der Waals surface area (Å²) in [5.41, 5.74) is 5.72. The molecule has 0 aromatic carbocycles. The molecule has 1 amide bonds. The van der Waals surface area contributed by atoms with E-state index in [0.717, 1.165) is 12.8 Å². The molecule has 3 nitrogen and oxygen atoms in total. The minimum Gasteiger partial charge on any atom is -0.336 e. The highest BCUT2D eigenvalue weighted by atomic mass is 16.2. The maximum absolute atomic E-state index is 12.0. The molecule has 0 aromatic heterocycles. The Labute approximate surface area is 86.0 Å². The van der Waals surface area contributed by atoms with E-state index in [2.05, 4.69) is 6.58 Å². The van der Waals surface area contributed by atoms with Crippen LogP contribution >= 0.6 is 0 Å². The average Bonchev–Trinajstić information content (AvgIpc) is 2.95. The van der Waals surface area contributed by atoms with Gasteiger partial charge >= 0.3 is 0 Å². The third-order valence-corrected chi connectivity index (χ3v) is 2.77. The fourth-order valence-corrected chi connectivity index (χ4v) is 1.43. The summed E-state index contributed by atoms with van der Waals surface area (Å²) >= 11 is 0. The molecule has 2 atom stereocenters. The van der Waals surface area contributed by atoms with E-state index in [-0.39, 0.29) is 17.9 Å². The Morgan fingerprint density at radius 1 is 1.64 bits per heavy atom. The molecule has 0 aliphatic heterocycles. The number of nitrogens with two attached hydrogens (primary N) is 1. The molecule has 14 heavy (non-hydrogen) atoms. The van der Waals surface area contributed by atoms with Gasteiger partial charge in [-0.1, -0.05) is 13.0 Å². The van der Waals surface area contributed by atoms with Crippen LogP contribution in [0.1, 0.15) is 26.7 Å². The van der Waals surface area contributed by atoms with Gasteiger partial charge in [0.2, 0.25) is 5.91 Å². The predicted octanol–water partition coefficient (Wildman–Crippen LogP) is 1.15. The van der Waals surface area contributed by atoms with Crippen molar-refractivity contribution in [2.24, 2.45) is 11.7 Å². The molecule has 0 aromatic rings. The Morgan fingerprint density at radius 3 is 2.57 bits per heavy atom. The normalized spacial score (nSPS) is 19.9. The number of hydrogen-bond donors (Lipinski definition) is 1. The molecule has 1 saturated carbocycles. The van der Waals surface area contributed by atoms with E-state index in [0.29, 0.717) is 12.6 Å². The molecule has 0 heterocycles. The van der Waals surface area contributed by atoms with Crippen molar-refractivity contribution in [1.82, 2.24) is 4.90 Å². The van der Waals surface area contributed by atoms with Gasteiger partial charge in [-0.05, 0) is 19.8 Å². The lowest BCUT2D eigenvalue weighted by atomic mass is 10.0. The van der Waals surface area contributed by atoms with Gasteiger partial charge in [0.15, 0.2) is 0 Å². The SMILES string of the molecule is C=CCN(C(=O)C(C)C(C)N)C1CC1. The number of rotatable bonds is 5. The maximum atomic E-state index is 12.0. The first-order valence-electron chi connectivity index (χ1n) is 5.25. The smallest absolute Gasteiger partial charge is 0.227 e. The Balaban J connectivity index is 2.57. The molecule has 2 unspecified atom stereocenters. The minimum atomic E-state index is -0.0875. The summed E-state index contributed by atoms with van der Waals surface area (Å²) in [5.74, 6) is 0.0814. The maximum Gasteiger partial charge on any atom is 0.227 e. The largest absolute Gasteiger partial charge is 0.336 e. The molecule has 0 saturated heterocycles. The van der Waals surface area contributed by atoms with Gasteiger partial charge in [0.1, 0.15) is 0 Å². The molecule has 0 bridgehead atoms. The van der Waals surface area contributed by atoms with Crippen molar-refractivity contribution in [3.8, 4) is 0 Å². The van der Waals surface area contributed by atoms with Crippen molar-refractivity contribution in [3.05, 3.63) is 12.7 Å². The van der Waals surface area contributed by atoms with E-state index in [9.17, 15) is 4.79 Å². The van der Waals surface area contributed by atoms with E-state index >= 15 is 0 Å². The minimum absolute atomic E-state index is 0.0754. The van der Waals surface area contributed by atoms with Crippen LogP contribution in [0.4, 0.5) is 0 Å². The summed E-state index contributed by atoms with van der Waals surface area (Å²) in [6, 6.07) is 0.371. The van der Waals surface area contributed by atoms with Crippen molar-refractivity contribution in [2.75, 3.05) is 6.54 Å². The molecule has 3 heteroatoms. The summed E-state index contributed by atoms with van der Waals surface area (Å²) in [6.07, 6.45) is 4.04.